The van der Waals surface area contributed by atoms with E-state index < -0.39 is 18.2 Å². The summed E-state index contributed by atoms with van der Waals surface area (Å²) >= 11 is 5.51. The Labute approximate surface area is 198 Å². The molecular formula is C23H29NO6S2. The molecule has 2 aromatic carbocycles. The van der Waals surface area contributed by atoms with Crippen molar-refractivity contribution < 1.29 is 28.9 Å². The molecule has 1 amide bonds. The van der Waals surface area contributed by atoms with Crippen LogP contribution in [-0.2, 0) is 14.3 Å². The monoisotopic (exact) mass is 479 g/mol. The number of carbonyl (C=O) groups excluding carboxylic acids is 2. The van der Waals surface area contributed by atoms with Crippen molar-refractivity contribution in [1.29, 1.82) is 0 Å². The maximum absolute atomic E-state index is 12.6. The summed E-state index contributed by atoms with van der Waals surface area (Å²) in [4.78, 5) is 25.1. The fourth-order valence-corrected chi connectivity index (χ4v) is 3.45. The molecule has 0 unspecified atom stereocenters. The van der Waals surface area contributed by atoms with Gasteiger partial charge in [-0.2, -0.15) is 12.6 Å². The molecule has 0 spiro atoms. The molecule has 0 aliphatic carbocycles. The van der Waals surface area contributed by atoms with Gasteiger partial charge in [-0.25, -0.2) is 4.79 Å². The summed E-state index contributed by atoms with van der Waals surface area (Å²) in [5, 5.41) is 11.7. The standard InChI is InChI=1S/C23H29NO6S2/c1-16(10-12-29-21(26)15-31)22(17-4-3-5-19(14-17)28-13-11-25)30-23(27)24-18-6-8-20(32-2)9-7-18/h3-9,14,16,22,25,31H,10-13,15H2,1-2H3,(H,24,27)/t16-,22+/m1/s1. The Morgan fingerprint density at radius 3 is 2.56 bits per heavy atom. The third kappa shape index (κ3) is 8.64. The lowest BCUT2D eigenvalue weighted by Gasteiger charge is -2.25. The molecule has 0 aromatic heterocycles. The molecule has 174 valence electrons. The number of carbonyl (C=O) groups is 2. The first-order chi connectivity index (χ1) is 15.5. The van der Waals surface area contributed by atoms with Gasteiger partial charge in [-0.15, -0.1) is 11.8 Å². The summed E-state index contributed by atoms with van der Waals surface area (Å²) in [6, 6.07) is 14.6. The number of ether oxygens (including phenoxy) is 3. The number of anilines is 1. The third-order valence-corrected chi connectivity index (χ3v) is 5.60. The van der Waals surface area contributed by atoms with E-state index in [1.807, 2.05) is 43.5 Å². The molecule has 2 rings (SSSR count). The van der Waals surface area contributed by atoms with Crippen molar-refractivity contribution in [2.24, 2.45) is 5.92 Å². The van der Waals surface area contributed by atoms with Gasteiger partial charge in [-0.05, 0) is 54.6 Å². The van der Waals surface area contributed by atoms with Crippen molar-refractivity contribution in [3.8, 4) is 5.75 Å². The van der Waals surface area contributed by atoms with Gasteiger partial charge in [0.25, 0.3) is 0 Å². The Hall–Kier alpha value is -2.36. The van der Waals surface area contributed by atoms with Gasteiger partial charge < -0.3 is 19.3 Å². The van der Waals surface area contributed by atoms with Crippen LogP contribution in [0.2, 0.25) is 0 Å². The zero-order chi connectivity index (χ0) is 23.3. The number of benzene rings is 2. The van der Waals surface area contributed by atoms with Crippen LogP contribution in [0.3, 0.4) is 0 Å². The zero-order valence-corrected chi connectivity index (χ0v) is 19.9. The Morgan fingerprint density at radius 1 is 1.16 bits per heavy atom. The number of aliphatic hydroxyl groups is 1. The Kier molecular flexibility index (Phi) is 11.3. The molecule has 0 fully saturated rings. The highest BCUT2D eigenvalue weighted by atomic mass is 32.2. The topological polar surface area (TPSA) is 94.1 Å². The van der Waals surface area contributed by atoms with Crippen LogP contribution in [0.25, 0.3) is 0 Å². The smallest absolute Gasteiger partial charge is 0.412 e. The first kappa shape index (κ1) is 25.9. The second-order valence-corrected chi connectivity index (χ2v) is 8.16. The van der Waals surface area contributed by atoms with Crippen LogP contribution in [-0.4, -0.2) is 49.0 Å². The predicted molar refractivity (Wildman–Crippen MR) is 129 cm³/mol. The Balaban J connectivity index is 2.13. The van der Waals surface area contributed by atoms with Gasteiger partial charge in [0.15, 0.2) is 0 Å². The molecule has 9 heteroatoms. The molecule has 0 radical (unpaired) electrons. The van der Waals surface area contributed by atoms with Crippen LogP contribution < -0.4 is 10.1 Å². The molecule has 0 saturated heterocycles. The van der Waals surface area contributed by atoms with E-state index in [1.54, 1.807) is 30.0 Å². The van der Waals surface area contributed by atoms with E-state index in [2.05, 4.69) is 17.9 Å². The summed E-state index contributed by atoms with van der Waals surface area (Å²) in [7, 11) is 0. The van der Waals surface area contributed by atoms with E-state index in [4.69, 9.17) is 19.3 Å². The Morgan fingerprint density at radius 2 is 1.91 bits per heavy atom. The first-order valence-corrected chi connectivity index (χ1v) is 12.0. The number of nitrogens with one attached hydrogen (secondary N) is 1. The maximum Gasteiger partial charge on any atom is 0.412 e. The van der Waals surface area contributed by atoms with Crippen LogP contribution in [0.15, 0.2) is 53.4 Å². The van der Waals surface area contributed by atoms with E-state index in [9.17, 15) is 9.59 Å². The number of amides is 1. The zero-order valence-electron chi connectivity index (χ0n) is 18.2. The number of aliphatic hydroxyl groups excluding tert-OH is 1. The third-order valence-electron chi connectivity index (χ3n) is 4.60. The van der Waals surface area contributed by atoms with Gasteiger partial charge in [-0.3, -0.25) is 10.1 Å². The fraction of sp³-hybridized carbons (Fsp3) is 0.391. The minimum atomic E-state index is -0.604. The minimum absolute atomic E-state index is 0.0102. The van der Waals surface area contributed by atoms with E-state index in [1.165, 1.54) is 0 Å². The molecule has 0 bridgehead atoms. The summed E-state index contributed by atoms with van der Waals surface area (Å²) in [6.45, 7) is 2.17. The number of hydrogen-bond acceptors (Lipinski definition) is 8. The van der Waals surface area contributed by atoms with Gasteiger partial charge in [0.05, 0.1) is 19.0 Å². The van der Waals surface area contributed by atoms with Gasteiger partial charge in [0.1, 0.15) is 18.5 Å². The Bertz CT molecular complexity index is 862. The second-order valence-electron chi connectivity index (χ2n) is 6.97. The molecule has 0 aliphatic rings. The second kappa shape index (κ2) is 13.9. The van der Waals surface area contributed by atoms with E-state index >= 15 is 0 Å². The van der Waals surface area contributed by atoms with Crippen LogP contribution >= 0.6 is 24.4 Å². The largest absolute Gasteiger partial charge is 0.491 e. The molecule has 0 aliphatic heterocycles. The average Bonchev–Trinajstić information content (AvgIpc) is 2.81. The number of thioether (sulfide) groups is 1. The lowest BCUT2D eigenvalue weighted by molar-refractivity contribution is -0.141. The van der Waals surface area contributed by atoms with Crippen molar-refractivity contribution in [3.05, 3.63) is 54.1 Å². The quantitative estimate of drug-likeness (QED) is 0.233. The predicted octanol–water partition coefficient (Wildman–Crippen LogP) is 4.57. The van der Waals surface area contributed by atoms with Crippen molar-refractivity contribution in [3.63, 3.8) is 0 Å². The molecule has 0 saturated carbocycles. The average molecular weight is 480 g/mol. The number of rotatable bonds is 12. The van der Waals surface area contributed by atoms with E-state index in [0.29, 0.717) is 17.9 Å². The normalized spacial score (nSPS) is 12.5. The number of thiol groups is 1. The van der Waals surface area contributed by atoms with Gasteiger partial charge >= 0.3 is 12.1 Å². The molecule has 7 nitrogen and oxygen atoms in total. The van der Waals surface area contributed by atoms with Crippen LogP contribution in [0.1, 0.15) is 25.0 Å². The van der Waals surface area contributed by atoms with Crippen LogP contribution in [0.5, 0.6) is 5.75 Å². The highest BCUT2D eigenvalue weighted by molar-refractivity contribution is 7.98. The van der Waals surface area contributed by atoms with Gasteiger partial charge in [-0.1, -0.05) is 19.1 Å². The number of esters is 1. The first-order valence-electron chi connectivity index (χ1n) is 10.2. The summed E-state index contributed by atoms with van der Waals surface area (Å²) in [5.74, 6) is 0.0206. The SMILES string of the molecule is CSc1ccc(NC(=O)O[C@H](c2cccc(OCCO)c2)[C@H](C)CCOC(=O)CS)cc1. The summed E-state index contributed by atoms with van der Waals surface area (Å²) in [6.07, 6.45) is 1.27. The van der Waals surface area contributed by atoms with Gasteiger partial charge in [0.2, 0.25) is 0 Å². The molecule has 2 atom stereocenters. The highest BCUT2D eigenvalue weighted by Gasteiger charge is 2.25. The molecule has 0 heterocycles. The highest BCUT2D eigenvalue weighted by Crippen LogP contribution is 2.31. The molecule has 2 N–H and O–H groups in total. The van der Waals surface area contributed by atoms with E-state index in [-0.39, 0.29) is 31.5 Å². The molecule has 2 aromatic rings. The van der Waals surface area contributed by atoms with Crippen molar-refractivity contribution in [2.45, 2.75) is 24.3 Å². The summed E-state index contributed by atoms with van der Waals surface area (Å²) in [5.41, 5.74) is 1.36. The summed E-state index contributed by atoms with van der Waals surface area (Å²) < 4.78 is 16.4. The van der Waals surface area contributed by atoms with Crippen molar-refractivity contribution in [1.82, 2.24) is 0 Å². The van der Waals surface area contributed by atoms with Crippen LogP contribution in [0.4, 0.5) is 10.5 Å². The minimum Gasteiger partial charge on any atom is -0.491 e. The lowest BCUT2D eigenvalue weighted by Crippen LogP contribution is -2.23. The van der Waals surface area contributed by atoms with E-state index in [0.717, 1.165) is 10.5 Å². The van der Waals surface area contributed by atoms with Crippen molar-refractivity contribution >= 4 is 42.1 Å². The van der Waals surface area contributed by atoms with Gasteiger partial charge in [0, 0.05) is 16.5 Å². The maximum atomic E-state index is 12.6. The molecule has 32 heavy (non-hydrogen) atoms. The number of hydrogen-bond donors (Lipinski definition) is 3. The van der Waals surface area contributed by atoms with Crippen LogP contribution in [0, 0.1) is 5.92 Å². The lowest BCUT2D eigenvalue weighted by atomic mass is 9.94. The molecular weight excluding hydrogens is 450 g/mol. The fourth-order valence-electron chi connectivity index (χ4n) is 2.95. The van der Waals surface area contributed by atoms with Crippen molar-refractivity contribution in [2.75, 3.05) is 37.1 Å².